The highest BCUT2D eigenvalue weighted by atomic mass is 32.2. The number of pyridine rings is 1. The van der Waals surface area contributed by atoms with E-state index in [9.17, 15) is 5.26 Å². The van der Waals surface area contributed by atoms with Crippen molar-refractivity contribution < 1.29 is 9.47 Å². The second-order valence-corrected chi connectivity index (χ2v) is 7.42. The summed E-state index contributed by atoms with van der Waals surface area (Å²) in [5.74, 6) is 2.18. The van der Waals surface area contributed by atoms with E-state index in [4.69, 9.17) is 14.5 Å². The summed E-state index contributed by atoms with van der Waals surface area (Å²) in [6, 6.07) is 8.20. The van der Waals surface area contributed by atoms with E-state index in [1.807, 2.05) is 18.2 Å². The predicted octanol–water partition coefficient (Wildman–Crippen LogP) is 3.74. The topological polar surface area (TPSA) is 58.4 Å². The van der Waals surface area contributed by atoms with Crippen LogP contribution in [0.5, 0.6) is 11.5 Å². The number of aromatic nitrogens is 1. The lowest BCUT2D eigenvalue weighted by Gasteiger charge is -2.28. The smallest absolute Gasteiger partial charge is 0.168 e. The average molecular weight is 369 g/mol. The average Bonchev–Trinajstić information content (AvgIpc) is 2.66. The Balaban J connectivity index is 2.36. The Morgan fingerprint density at radius 2 is 2.12 bits per heavy atom. The van der Waals surface area contributed by atoms with Crippen LogP contribution in [0.4, 0.5) is 0 Å². The maximum atomic E-state index is 9.96. The first-order valence-corrected chi connectivity index (χ1v) is 9.61. The predicted molar refractivity (Wildman–Crippen MR) is 104 cm³/mol. The number of rotatable bonds is 5. The number of methoxy groups -OCH3 is 2. The minimum atomic E-state index is 0.623. The fourth-order valence-electron chi connectivity index (χ4n) is 3.40. The lowest BCUT2D eigenvalue weighted by atomic mass is 9.91. The zero-order valence-corrected chi connectivity index (χ0v) is 16.4. The molecule has 26 heavy (non-hydrogen) atoms. The van der Waals surface area contributed by atoms with Crippen molar-refractivity contribution >= 4 is 11.8 Å². The van der Waals surface area contributed by atoms with E-state index in [0.717, 1.165) is 52.7 Å². The maximum Gasteiger partial charge on any atom is 0.168 e. The van der Waals surface area contributed by atoms with Crippen LogP contribution in [0.15, 0.2) is 23.2 Å². The number of benzene rings is 1. The molecule has 0 bridgehead atoms. The summed E-state index contributed by atoms with van der Waals surface area (Å²) >= 11 is 1.61. The molecule has 0 radical (unpaired) electrons. The zero-order chi connectivity index (χ0) is 18.7. The number of hydrogen-bond acceptors (Lipinski definition) is 6. The van der Waals surface area contributed by atoms with Crippen molar-refractivity contribution in [1.29, 1.82) is 5.26 Å². The molecule has 0 N–H and O–H groups in total. The minimum Gasteiger partial charge on any atom is -0.493 e. The first-order chi connectivity index (χ1) is 12.6. The molecule has 0 atom stereocenters. The van der Waals surface area contributed by atoms with E-state index in [-0.39, 0.29) is 0 Å². The molecule has 6 heteroatoms. The number of nitriles is 1. The van der Waals surface area contributed by atoms with E-state index in [1.165, 1.54) is 0 Å². The Kier molecular flexibility index (Phi) is 5.70. The van der Waals surface area contributed by atoms with Crippen molar-refractivity contribution in [3.8, 4) is 28.7 Å². The minimum absolute atomic E-state index is 0.623. The van der Waals surface area contributed by atoms with Gasteiger partial charge in [0.25, 0.3) is 0 Å². The number of nitrogens with zero attached hydrogens (tertiary/aromatic N) is 3. The van der Waals surface area contributed by atoms with Crippen LogP contribution in [0.25, 0.3) is 11.1 Å². The summed E-state index contributed by atoms with van der Waals surface area (Å²) in [5.41, 5.74) is 4.63. The standard InChI is InChI=1S/C20H23N3O2S/c1-5-26-20-14(11-21)18(15-12-23(2)10-9-16(15)22-20)13-7-6-8-17(24-3)19(13)25-4/h6-8H,5,9-10,12H2,1-4H3. The third kappa shape index (κ3) is 3.25. The van der Waals surface area contributed by atoms with Gasteiger partial charge in [0, 0.05) is 36.3 Å². The van der Waals surface area contributed by atoms with Crippen molar-refractivity contribution in [2.75, 3.05) is 33.6 Å². The Morgan fingerprint density at radius 3 is 2.77 bits per heavy atom. The van der Waals surface area contributed by atoms with Crippen molar-refractivity contribution in [3.63, 3.8) is 0 Å². The van der Waals surface area contributed by atoms with Gasteiger partial charge in [-0.25, -0.2) is 4.98 Å². The Morgan fingerprint density at radius 1 is 1.31 bits per heavy atom. The second kappa shape index (κ2) is 7.98. The van der Waals surface area contributed by atoms with Gasteiger partial charge in [0.1, 0.15) is 11.1 Å². The monoisotopic (exact) mass is 369 g/mol. The number of hydrogen-bond donors (Lipinski definition) is 0. The highest BCUT2D eigenvalue weighted by molar-refractivity contribution is 7.99. The van der Waals surface area contributed by atoms with Crippen molar-refractivity contribution in [1.82, 2.24) is 9.88 Å². The number of para-hydroxylation sites is 1. The Hall–Kier alpha value is -2.23. The van der Waals surface area contributed by atoms with Gasteiger partial charge in [-0.3, -0.25) is 0 Å². The molecule has 1 aliphatic heterocycles. The first-order valence-electron chi connectivity index (χ1n) is 8.63. The van der Waals surface area contributed by atoms with Gasteiger partial charge in [-0.1, -0.05) is 19.1 Å². The fourth-order valence-corrected chi connectivity index (χ4v) is 4.14. The van der Waals surface area contributed by atoms with Gasteiger partial charge in [-0.05, 0) is 24.4 Å². The van der Waals surface area contributed by atoms with Crippen LogP contribution in [0.2, 0.25) is 0 Å². The molecule has 2 heterocycles. The lowest BCUT2D eigenvalue weighted by molar-refractivity contribution is 0.309. The molecule has 1 aromatic carbocycles. The molecule has 3 rings (SSSR count). The van der Waals surface area contributed by atoms with Gasteiger partial charge in [-0.2, -0.15) is 5.26 Å². The third-order valence-electron chi connectivity index (χ3n) is 4.57. The number of ether oxygens (including phenoxy) is 2. The molecule has 0 saturated heterocycles. The van der Waals surface area contributed by atoms with Crippen LogP contribution >= 0.6 is 11.8 Å². The molecule has 0 spiro atoms. The number of fused-ring (bicyclic) bond motifs is 1. The zero-order valence-electron chi connectivity index (χ0n) is 15.6. The molecule has 0 unspecified atom stereocenters. The molecule has 0 saturated carbocycles. The van der Waals surface area contributed by atoms with Crippen LogP contribution in [0.3, 0.4) is 0 Å². The van der Waals surface area contributed by atoms with E-state index >= 15 is 0 Å². The van der Waals surface area contributed by atoms with Crippen LogP contribution in [0.1, 0.15) is 23.7 Å². The summed E-state index contributed by atoms with van der Waals surface area (Å²) in [4.78, 5) is 7.09. The van der Waals surface area contributed by atoms with Crippen molar-refractivity contribution in [2.45, 2.75) is 24.9 Å². The molecular formula is C20H23N3O2S. The SMILES string of the molecule is CCSc1nc2c(c(-c3cccc(OC)c3OC)c1C#N)CN(C)CC2. The molecule has 2 aromatic rings. The van der Waals surface area contributed by atoms with Crippen LogP contribution < -0.4 is 9.47 Å². The lowest BCUT2D eigenvalue weighted by Crippen LogP contribution is -2.28. The van der Waals surface area contributed by atoms with Gasteiger partial charge in [0.2, 0.25) is 0 Å². The number of likely N-dealkylation sites (N-methyl/N-ethyl adjacent to an activating group) is 1. The first kappa shape index (κ1) is 18.6. The van der Waals surface area contributed by atoms with E-state index in [0.29, 0.717) is 17.1 Å². The molecule has 136 valence electrons. The highest BCUT2D eigenvalue weighted by Crippen LogP contribution is 2.44. The molecule has 0 aliphatic carbocycles. The van der Waals surface area contributed by atoms with Crippen molar-refractivity contribution in [3.05, 3.63) is 35.0 Å². The molecule has 0 fully saturated rings. The third-order valence-corrected chi connectivity index (χ3v) is 5.43. The largest absolute Gasteiger partial charge is 0.493 e. The molecule has 1 aliphatic rings. The van der Waals surface area contributed by atoms with E-state index in [2.05, 4.69) is 24.9 Å². The van der Waals surface area contributed by atoms with E-state index < -0.39 is 0 Å². The number of thioether (sulfide) groups is 1. The van der Waals surface area contributed by atoms with Gasteiger partial charge in [0.15, 0.2) is 11.5 Å². The maximum absolute atomic E-state index is 9.96. The molecule has 1 aromatic heterocycles. The quantitative estimate of drug-likeness (QED) is 0.749. The molecule has 5 nitrogen and oxygen atoms in total. The summed E-state index contributed by atoms with van der Waals surface area (Å²) < 4.78 is 11.1. The summed E-state index contributed by atoms with van der Waals surface area (Å²) in [7, 11) is 5.35. The normalized spacial score (nSPS) is 13.8. The van der Waals surface area contributed by atoms with Crippen molar-refractivity contribution in [2.24, 2.45) is 0 Å². The second-order valence-electron chi connectivity index (χ2n) is 6.17. The summed E-state index contributed by atoms with van der Waals surface area (Å²) in [6.45, 7) is 3.81. The fraction of sp³-hybridized carbons (Fsp3) is 0.400. The van der Waals surface area contributed by atoms with Gasteiger partial charge in [-0.15, -0.1) is 11.8 Å². The van der Waals surface area contributed by atoms with Gasteiger partial charge >= 0.3 is 0 Å². The Bertz CT molecular complexity index is 861. The Labute approximate surface area is 158 Å². The highest BCUT2D eigenvalue weighted by Gasteiger charge is 2.27. The van der Waals surface area contributed by atoms with Gasteiger partial charge in [0.05, 0.1) is 19.8 Å². The van der Waals surface area contributed by atoms with Crippen LogP contribution in [0, 0.1) is 11.3 Å². The van der Waals surface area contributed by atoms with Gasteiger partial charge < -0.3 is 14.4 Å². The molecular weight excluding hydrogens is 346 g/mol. The summed E-state index contributed by atoms with van der Waals surface area (Å²) in [5, 5.41) is 10.8. The van der Waals surface area contributed by atoms with Crippen LogP contribution in [-0.2, 0) is 13.0 Å². The van der Waals surface area contributed by atoms with Crippen LogP contribution in [-0.4, -0.2) is 43.4 Å². The summed E-state index contributed by atoms with van der Waals surface area (Å²) in [6.07, 6.45) is 0.883. The van der Waals surface area contributed by atoms with E-state index in [1.54, 1.807) is 26.0 Å². The molecule has 0 amide bonds.